The van der Waals surface area contributed by atoms with Gasteiger partial charge in [-0.05, 0) is 46.4 Å². The van der Waals surface area contributed by atoms with Gasteiger partial charge in [-0.3, -0.25) is 0 Å². The Kier molecular flexibility index (Phi) is 8.73. The van der Waals surface area contributed by atoms with Gasteiger partial charge in [0.15, 0.2) is 17.5 Å². The van der Waals surface area contributed by atoms with E-state index < -0.39 is 5.41 Å². The third kappa shape index (κ3) is 5.69. The molecule has 274 valence electrons. The van der Waals surface area contributed by atoms with Crippen molar-refractivity contribution in [3.63, 3.8) is 0 Å². The van der Waals surface area contributed by atoms with Gasteiger partial charge in [0.25, 0.3) is 0 Å². The zero-order chi connectivity index (χ0) is 39.1. The summed E-state index contributed by atoms with van der Waals surface area (Å²) in [6.07, 6.45) is 8.37. The Morgan fingerprint density at radius 1 is 0.483 bits per heavy atom. The van der Waals surface area contributed by atoms with Crippen LogP contribution >= 0.6 is 0 Å². The summed E-state index contributed by atoms with van der Waals surface area (Å²) in [5.74, 6) is 1.89. The molecule has 0 saturated carbocycles. The van der Waals surface area contributed by atoms with E-state index in [9.17, 15) is 0 Å². The summed E-state index contributed by atoms with van der Waals surface area (Å²) in [4.78, 5) is 20.2. The van der Waals surface area contributed by atoms with Gasteiger partial charge in [-0.2, -0.15) is 0 Å². The van der Waals surface area contributed by atoms with Crippen LogP contribution in [0.3, 0.4) is 0 Å². The Labute approximate surface area is 338 Å². The van der Waals surface area contributed by atoms with E-state index in [-0.39, 0.29) is 0 Å². The number of aromatic nitrogens is 4. The maximum atomic E-state index is 5.37. The zero-order valence-corrected chi connectivity index (χ0v) is 32.0. The molecule has 0 N–H and O–H groups in total. The lowest BCUT2D eigenvalue weighted by atomic mass is 9.67. The number of fused-ring (bicyclic) bond motifs is 7. The second-order valence-corrected chi connectivity index (χ2v) is 14.6. The molecule has 0 aliphatic heterocycles. The lowest BCUT2D eigenvalue weighted by molar-refractivity contribution is 0.771. The summed E-state index contributed by atoms with van der Waals surface area (Å²) in [6, 6.07) is 61.4. The van der Waals surface area contributed by atoms with Crippen LogP contribution in [0.25, 0.3) is 78.2 Å². The number of nitrogens with zero attached hydrogens (tertiary/aromatic N) is 4. The molecule has 9 aromatic rings. The van der Waals surface area contributed by atoms with Crippen molar-refractivity contribution in [2.75, 3.05) is 0 Å². The van der Waals surface area contributed by atoms with Crippen molar-refractivity contribution in [3.8, 4) is 56.5 Å². The van der Waals surface area contributed by atoms with Gasteiger partial charge in [-0.15, -0.1) is 0 Å². The van der Waals surface area contributed by atoms with Gasteiger partial charge in [-0.25, -0.2) is 19.9 Å². The Balaban J connectivity index is 1.18. The average Bonchev–Trinajstić information content (AvgIpc) is 3.61. The summed E-state index contributed by atoms with van der Waals surface area (Å²) in [5.41, 5.74) is 12.2. The summed E-state index contributed by atoms with van der Waals surface area (Å²) in [7, 11) is 0. The summed E-state index contributed by atoms with van der Waals surface area (Å²) in [5, 5.41) is 3.41. The molecular formula is C54H38N4. The first-order chi connectivity index (χ1) is 28.6. The quantitative estimate of drug-likeness (QED) is 0.115. The summed E-state index contributed by atoms with van der Waals surface area (Å²) < 4.78 is 0. The van der Waals surface area contributed by atoms with Gasteiger partial charge in [0.05, 0.1) is 16.6 Å². The van der Waals surface area contributed by atoms with Crippen LogP contribution in [0.5, 0.6) is 0 Å². The first kappa shape index (κ1) is 34.9. The SMILES string of the molecule is C=C(/C=C\C=C/C)C1(c2ccccc2)c2ccccc2-c2c1ccc1c(-c3ccc(-c4nc(-c5ccccc5)nc(-c5ccccc5)n4)cc3)nc3ccccc3c21. The largest absolute Gasteiger partial charge is 0.247 e. The van der Waals surface area contributed by atoms with E-state index in [1.165, 1.54) is 33.2 Å². The fourth-order valence-electron chi connectivity index (χ4n) is 8.68. The maximum absolute atomic E-state index is 5.37. The summed E-state index contributed by atoms with van der Waals surface area (Å²) >= 11 is 0. The zero-order valence-electron chi connectivity index (χ0n) is 32.0. The lowest BCUT2D eigenvalue weighted by Crippen LogP contribution is -2.28. The molecule has 58 heavy (non-hydrogen) atoms. The fourth-order valence-corrected chi connectivity index (χ4v) is 8.68. The predicted molar refractivity (Wildman–Crippen MR) is 239 cm³/mol. The molecule has 0 amide bonds. The maximum Gasteiger partial charge on any atom is 0.164 e. The Morgan fingerprint density at radius 2 is 1.03 bits per heavy atom. The molecule has 4 nitrogen and oxygen atoms in total. The van der Waals surface area contributed by atoms with Crippen molar-refractivity contribution in [1.29, 1.82) is 0 Å². The van der Waals surface area contributed by atoms with E-state index in [0.717, 1.165) is 49.8 Å². The molecule has 0 spiro atoms. The van der Waals surface area contributed by atoms with E-state index in [0.29, 0.717) is 17.5 Å². The first-order valence-corrected chi connectivity index (χ1v) is 19.6. The molecule has 0 saturated heterocycles. The average molecular weight is 743 g/mol. The third-order valence-electron chi connectivity index (χ3n) is 11.3. The van der Waals surface area contributed by atoms with Crippen LogP contribution in [0.15, 0.2) is 212 Å². The van der Waals surface area contributed by atoms with Crippen molar-refractivity contribution in [2.24, 2.45) is 0 Å². The van der Waals surface area contributed by atoms with Crippen LogP contribution in [0.4, 0.5) is 0 Å². The van der Waals surface area contributed by atoms with Crippen molar-refractivity contribution in [1.82, 2.24) is 19.9 Å². The Morgan fingerprint density at radius 3 is 1.69 bits per heavy atom. The van der Waals surface area contributed by atoms with Gasteiger partial charge in [-0.1, -0.05) is 201 Å². The molecule has 0 radical (unpaired) electrons. The number of hydrogen-bond acceptors (Lipinski definition) is 4. The van der Waals surface area contributed by atoms with Crippen LogP contribution in [-0.4, -0.2) is 19.9 Å². The van der Waals surface area contributed by atoms with Crippen LogP contribution in [0, 0.1) is 0 Å². The highest BCUT2D eigenvalue weighted by molar-refractivity contribution is 6.19. The number of pyridine rings is 1. The minimum absolute atomic E-state index is 0.590. The van der Waals surface area contributed by atoms with Crippen molar-refractivity contribution >= 4 is 21.7 Å². The van der Waals surface area contributed by atoms with E-state index in [1.54, 1.807) is 0 Å². The Bertz CT molecular complexity index is 3000. The van der Waals surface area contributed by atoms with E-state index >= 15 is 0 Å². The van der Waals surface area contributed by atoms with Gasteiger partial charge in [0, 0.05) is 38.4 Å². The molecule has 10 rings (SSSR count). The molecule has 1 aliphatic rings. The third-order valence-corrected chi connectivity index (χ3v) is 11.3. The lowest BCUT2D eigenvalue weighted by Gasteiger charge is -2.34. The van der Waals surface area contributed by atoms with Crippen LogP contribution in [-0.2, 0) is 5.41 Å². The highest BCUT2D eigenvalue weighted by Crippen LogP contribution is 2.59. The van der Waals surface area contributed by atoms with Crippen molar-refractivity contribution in [3.05, 3.63) is 229 Å². The van der Waals surface area contributed by atoms with Gasteiger partial charge < -0.3 is 0 Å². The number of hydrogen-bond donors (Lipinski definition) is 0. The van der Waals surface area contributed by atoms with Crippen LogP contribution in [0.1, 0.15) is 23.6 Å². The minimum atomic E-state index is -0.590. The standard InChI is InChI=1S/C54H38N4/c1-3-4-8-19-36(2)54(41-24-13-7-14-25-41)45-28-17-15-26-42(45)49-46(54)35-34-44-48(49)43-27-16-18-29-47(43)55-50(44)37-30-32-40(33-31-37)53-57-51(38-20-9-5-10-21-38)56-52(58-53)39-22-11-6-12-23-39/h3-35H,2H2,1H3/b4-3-,19-8-. The molecular weight excluding hydrogens is 705 g/mol. The van der Waals surface area contributed by atoms with Crippen LogP contribution < -0.4 is 0 Å². The van der Waals surface area contributed by atoms with Gasteiger partial charge >= 0.3 is 0 Å². The molecule has 2 heterocycles. The molecule has 1 atom stereocenters. The smallest absolute Gasteiger partial charge is 0.164 e. The minimum Gasteiger partial charge on any atom is -0.247 e. The highest BCUT2D eigenvalue weighted by Gasteiger charge is 2.46. The molecule has 0 bridgehead atoms. The highest BCUT2D eigenvalue weighted by atomic mass is 15.0. The molecule has 1 unspecified atom stereocenters. The second-order valence-electron chi connectivity index (χ2n) is 14.6. The topological polar surface area (TPSA) is 51.6 Å². The molecule has 2 aromatic heterocycles. The fraction of sp³-hybridized carbons (Fsp3) is 0.0370. The number of para-hydroxylation sites is 1. The van der Waals surface area contributed by atoms with Gasteiger partial charge in [0.2, 0.25) is 0 Å². The number of allylic oxidation sites excluding steroid dienone is 5. The first-order valence-electron chi connectivity index (χ1n) is 19.6. The van der Waals surface area contributed by atoms with Crippen molar-refractivity contribution in [2.45, 2.75) is 12.3 Å². The normalized spacial score (nSPS) is 14.6. The van der Waals surface area contributed by atoms with Crippen LogP contribution in [0.2, 0.25) is 0 Å². The molecule has 0 fully saturated rings. The molecule has 4 heteroatoms. The number of benzene rings is 7. The monoisotopic (exact) mass is 742 g/mol. The Hall–Kier alpha value is -7.56. The molecule has 1 aliphatic carbocycles. The van der Waals surface area contributed by atoms with E-state index in [4.69, 9.17) is 26.5 Å². The predicted octanol–water partition coefficient (Wildman–Crippen LogP) is 13.2. The number of rotatable bonds is 8. The van der Waals surface area contributed by atoms with Crippen molar-refractivity contribution < 1.29 is 0 Å². The van der Waals surface area contributed by atoms with E-state index in [2.05, 4.69) is 133 Å². The second kappa shape index (κ2) is 14.5. The molecule has 7 aromatic carbocycles. The summed E-state index contributed by atoms with van der Waals surface area (Å²) in [6.45, 7) is 6.83. The van der Waals surface area contributed by atoms with Gasteiger partial charge in [0.1, 0.15) is 0 Å². The van der Waals surface area contributed by atoms with E-state index in [1.807, 2.05) is 73.7 Å².